The number of hydrogen-bond donors (Lipinski definition) is 0. The summed E-state index contributed by atoms with van der Waals surface area (Å²) < 4.78 is 2.02. The van der Waals surface area contributed by atoms with Crippen molar-refractivity contribution in [1.29, 1.82) is 0 Å². The molecule has 4 nitrogen and oxygen atoms in total. The van der Waals surface area contributed by atoms with Crippen LogP contribution in [0.25, 0.3) is 22.0 Å². The Hall–Kier alpha value is -2.12. The second-order valence-corrected chi connectivity index (χ2v) is 9.25. The van der Waals surface area contributed by atoms with Gasteiger partial charge in [0.25, 0.3) is 0 Å². The van der Waals surface area contributed by atoms with Crippen molar-refractivity contribution in [3.05, 3.63) is 81.8 Å². The number of benzene rings is 2. The van der Waals surface area contributed by atoms with E-state index >= 15 is 0 Å². The van der Waals surface area contributed by atoms with E-state index in [1.165, 1.54) is 5.56 Å². The smallest absolute Gasteiger partial charge is 0.192 e. The Kier molecular flexibility index (Phi) is 6.58. The van der Waals surface area contributed by atoms with Crippen molar-refractivity contribution in [2.75, 3.05) is 0 Å². The molecule has 152 valence electrons. The van der Waals surface area contributed by atoms with E-state index in [-0.39, 0.29) is 0 Å². The zero-order valence-electron chi connectivity index (χ0n) is 16.2. The number of halogens is 2. The number of thiazole rings is 1. The third kappa shape index (κ3) is 4.62. The zero-order valence-corrected chi connectivity index (χ0v) is 19.3. The lowest BCUT2D eigenvalue weighted by Gasteiger charge is -2.08. The third-order valence-electron chi connectivity index (χ3n) is 4.37. The van der Waals surface area contributed by atoms with Gasteiger partial charge >= 0.3 is 0 Å². The normalized spacial score (nSPS) is 11.0. The van der Waals surface area contributed by atoms with E-state index in [1.54, 1.807) is 35.2 Å². The van der Waals surface area contributed by atoms with Gasteiger partial charge in [-0.15, -0.1) is 28.1 Å². The molecule has 0 amide bonds. The molecular weight excluding hydrogens is 455 g/mol. The molecule has 4 rings (SSSR count). The summed E-state index contributed by atoms with van der Waals surface area (Å²) in [5.41, 5.74) is 4.26. The summed E-state index contributed by atoms with van der Waals surface area (Å²) in [6, 6.07) is 13.8. The van der Waals surface area contributed by atoms with E-state index in [0.717, 1.165) is 32.8 Å². The van der Waals surface area contributed by atoms with E-state index in [1.807, 2.05) is 16.7 Å². The molecule has 0 fully saturated rings. The van der Waals surface area contributed by atoms with Gasteiger partial charge < -0.3 is 0 Å². The molecule has 0 saturated heterocycles. The Balaban J connectivity index is 1.54. The molecule has 2 aromatic heterocycles. The molecule has 2 heterocycles. The molecule has 0 bridgehead atoms. The lowest BCUT2D eigenvalue weighted by molar-refractivity contribution is 0.731. The first-order valence-electron chi connectivity index (χ1n) is 9.19. The Morgan fingerprint density at radius 1 is 1.10 bits per heavy atom. The van der Waals surface area contributed by atoms with Crippen molar-refractivity contribution in [3.8, 4) is 22.0 Å². The lowest BCUT2D eigenvalue weighted by Crippen LogP contribution is -2.00. The van der Waals surface area contributed by atoms with Crippen LogP contribution in [0.4, 0.5) is 0 Å². The van der Waals surface area contributed by atoms with E-state index in [9.17, 15) is 0 Å². The van der Waals surface area contributed by atoms with Crippen molar-refractivity contribution < 1.29 is 0 Å². The highest BCUT2D eigenvalue weighted by Gasteiger charge is 2.15. The SMILES string of the molecule is C=CCn1c(SCc2csc(-c3cccc(C)c3)n2)nnc1-c1ccc(Cl)c(Cl)c1. The van der Waals surface area contributed by atoms with Gasteiger partial charge in [-0.3, -0.25) is 4.57 Å². The topological polar surface area (TPSA) is 43.6 Å². The van der Waals surface area contributed by atoms with Crippen molar-refractivity contribution in [2.45, 2.75) is 24.4 Å². The number of rotatable bonds is 7. The maximum atomic E-state index is 6.18. The highest BCUT2D eigenvalue weighted by Crippen LogP contribution is 2.32. The van der Waals surface area contributed by atoms with Gasteiger partial charge in [0.1, 0.15) is 5.01 Å². The maximum Gasteiger partial charge on any atom is 0.192 e. The largest absolute Gasteiger partial charge is 0.298 e. The van der Waals surface area contributed by atoms with Crippen molar-refractivity contribution in [2.24, 2.45) is 0 Å². The van der Waals surface area contributed by atoms with Crippen LogP contribution in [-0.2, 0) is 12.3 Å². The van der Waals surface area contributed by atoms with Crippen LogP contribution in [-0.4, -0.2) is 19.7 Å². The summed E-state index contributed by atoms with van der Waals surface area (Å²) in [6.07, 6.45) is 1.83. The first-order chi connectivity index (χ1) is 14.5. The fourth-order valence-corrected chi connectivity index (χ4v) is 5.02. The molecule has 30 heavy (non-hydrogen) atoms. The van der Waals surface area contributed by atoms with Crippen LogP contribution in [0.1, 0.15) is 11.3 Å². The standard InChI is InChI=1S/C22H18Cl2N4S2/c1-3-9-28-20(15-7-8-18(23)19(24)11-15)26-27-22(28)30-13-17-12-29-21(25-17)16-6-4-5-14(2)10-16/h3-8,10-12H,1,9,13H2,2H3. The number of aromatic nitrogens is 4. The Morgan fingerprint density at radius 3 is 2.73 bits per heavy atom. The fraction of sp³-hybridized carbons (Fsp3) is 0.136. The van der Waals surface area contributed by atoms with E-state index < -0.39 is 0 Å². The van der Waals surface area contributed by atoms with Gasteiger partial charge in [0.2, 0.25) is 0 Å². The quantitative estimate of drug-likeness (QED) is 0.211. The molecule has 0 aliphatic carbocycles. The third-order valence-corrected chi connectivity index (χ3v) is 7.05. The predicted octanol–water partition coefficient (Wildman–Crippen LogP) is 7.16. The minimum Gasteiger partial charge on any atom is -0.298 e. The molecule has 0 aliphatic rings. The molecule has 4 aromatic rings. The summed E-state index contributed by atoms with van der Waals surface area (Å²) in [6.45, 7) is 6.54. The average Bonchev–Trinajstić information content (AvgIpc) is 3.36. The summed E-state index contributed by atoms with van der Waals surface area (Å²) >= 11 is 15.5. The summed E-state index contributed by atoms with van der Waals surface area (Å²) in [4.78, 5) is 4.79. The first-order valence-corrected chi connectivity index (χ1v) is 11.8. The van der Waals surface area contributed by atoms with Crippen LogP contribution in [0.5, 0.6) is 0 Å². The van der Waals surface area contributed by atoms with Gasteiger partial charge in [0.05, 0.1) is 15.7 Å². The Bertz CT molecular complexity index is 1200. The summed E-state index contributed by atoms with van der Waals surface area (Å²) in [5.74, 6) is 1.44. The summed E-state index contributed by atoms with van der Waals surface area (Å²) in [5, 5.41) is 13.7. The molecular formula is C22H18Cl2N4S2. The van der Waals surface area contributed by atoms with Gasteiger partial charge in [0.15, 0.2) is 11.0 Å². The molecule has 0 unspecified atom stereocenters. The van der Waals surface area contributed by atoms with Crippen LogP contribution in [0.2, 0.25) is 10.0 Å². The molecule has 0 spiro atoms. The van der Waals surface area contributed by atoms with Crippen LogP contribution < -0.4 is 0 Å². The first kappa shape index (κ1) is 21.1. The van der Waals surface area contributed by atoms with Crippen molar-refractivity contribution >= 4 is 46.3 Å². The zero-order chi connectivity index (χ0) is 21.1. The van der Waals surface area contributed by atoms with Crippen LogP contribution in [0.3, 0.4) is 0 Å². The highest BCUT2D eigenvalue weighted by atomic mass is 35.5. The Labute approximate surface area is 193 Å². The molecule has 8 heteroatoms. The minimum absolute atomic E-state index is 0.489. The molecule has 0 saturated carbocycles. The summed E-state index contributed by atoms with van der Waals surface area (Å²) in [7, 11) is 0. The van der Waals surface area contributed by atoms with Gasteiger partial charge in [-0.2, -0.15) is 0 Å². The number of nitrogens with zero attached hydrogens (tertiary/aromatic N) is 4. The number of hydrogen-bond acceptors (Lipinski definition) is 5. The lowest BCUT2D eigenvalue weighted by atomic mass is 10.1. The molecule has 2 aromatic carbocycles. The van der Waals surface area contributed by atoms with Gasteiger partial charge in [-0.25, -0.2) is 4.98 Å². The minimum atomic E-state index is 0.489. The maximum absolute atomic E-state index is 6.18. The number of allylic oxidation sites excluding steroid dienone is 1. The average molecular weight is 473 g/mol. The van der Waals surface area contributed by atoms with Gasteiger partial charge in [-0.05, 0) is 31.2 Å². The highest BCUT2D eigenvalue weighted by molar-refractivity contribution is 7.98. The number of aryl methyl sites for hydroxylation is 1. The van der Waals surface area contributed by atoms with Crippen LogP contribution in [0.15, 0.2) is 65.7 Å². The van der Waals surface area contributed by atoms with E-state index in [2.05, 4.69) is 53.3 Å². The van der Waals surface area contributed by atoms with Gasteiger partial charge in [-0.1, -0.05) is 64.8 Å². The monoisotopic (exact) mass is 472 g/mol. The molecule has 0 radical (unpaired) electrons. The Morgan fingerprint density at radius 2 is 1.97 bits per heavy atom. The van der Waals surface area contributed by atoms with Crippen LogP contribution >= 0.6 is 46.3 Å². The second kappa shape index (κ2) is 9.35. The van der Waals surface area contributed by atoms with Crippen LogP contribution in [0, 0.1) is 6.92 Å². The van der Waals surface area contributed by atoms with Crippen molar-refractivity contribution in [1.82, 2.24) is 19.7 Å². The molecule has 0 N–H and O–H groups in total. The number of thioether (sulfide) groups is 1. The fourth-order valence-electron chi connectivity index (χ4n) is 2.96. The van der Waals surface area contributed by atoms with E-state index in [4.69, 9.17) is 28.2 Å². The molecule has 0 aliphatic heterocycles. The van der Waals surface area contributed by atoms with Crippen molar-refractivity contribution in [3.63, 3.8) is 0 Å². The molecule has 0 atom stereocenters. The van der Waals surface area contributed by atoms with E-state index in [0.29, 0.717) is 22.3 Å². The second-order valence-electron chi connectivity index (χ2n) is 6.64. The predicted molar refractivity (Wildman–Crippen MR) is 128 cm³/mol. The van der Waals surface area contributed by atoms with Gasteiger partial charge in [0, 0.05) is 28.8 Å².